The van der Waals surface area contributed by atoms with E-state index in [2.05, 4.69) is 4.40 Å². The van der Waals surface area contributed by atoms with Crippen molar-refractivity contribution in [3.63, 3.8) is 0 Å². The molecule has 168 valence electrons. The summed E-state index contributed by atoms with van der Waals surface area (Å²) in [7, 11) is -7.62. The van der Waals surface area contributed by atoms with E-state index in [0.29, 0.717) is 6.54 Å². The first-order valence-corrected chi connectivity index (χ1v) is 13.0. The van der Waals surface area contributed by atoms with Crippen molar-refractivity contribution < 1.29 is 16.8 Å². The average Bonchev–Trinajstić information content (AvgIpc) is 3.15. The maximum atomic E-state index is 13.3. The molecule has 2 aromatic rings. The van der Waals surface area contributed by atoms with Crippen molar-refractivity contribution in [1.29, 1.82) is 0 Å². The van der Waals surface area contributed by atoms with Gasteiger partial charge < -0.3 is 4.90 Å². The first kappa shape index (κ1) is 23.4. The van der Waals surface area contributed by atoms with E-state index in [0.717, 1.165) is 11.1 Å². The van der Waals surface area contributed by atoms with Crippen LogP contribution in [0.3, 0.4) is 0 Å². The lowest BCUT2D eigenvalue weighted by atomic mass is 10.1. The molecule has 3 rings (SSSR count). The van der Waals surface area contributed by atoms with Crippen LogP contribution in [0.1, 0.15) is 31.9 Å². The molecule has 1 fully saturated rings. The molecule has 9 heteroatoms. The minimum atomic E-state index is -3.89. The van der Waals surface area contributed by atoms with Crippen LogP contribution in [0.15, 0.2) is 62.7 Å². The predicted molar refractivity (Wildman–Crippen MR) is 122 cm³/mol. The molecule has 0 N–H and O–H groups in total. The van der Waals surface area contributed by atoms with Crippen molar-refractivity contribution in [2.75, 3.05) is 13.1 Å². The Hall–Kier alpha value is -2.23. The quantitative estimate of drug-likeness (QED) is 0.501. The molecule has 0 unspecified atom stereocenters. The first-order valence-electron chi connectivity index (χ1n) is 10.2. The van der Waals surface area contributed by atoms with Crippen LogP contribution in [0.5, 0.6) is 0 Å². The summed E-state index contributed by atoms with van der Waals surface area (Å²) in [5.74, 6) is 0.204. The third kappa shape index (κ3) is 4.83. The summed E-state index contributed by atoms with van der Waals surface area (Å²) in [6, 6.07) is 13.2. The zero-order chi connectivity index (χ0) is 23.0. The highest BCUT2D eigenvalue weighted by Crippen LogP contribution is 2.29. The lowest BCUT2D eigenvalue weighted by Crippen LogP contribution is -2.47. The highest BCUT2D eigenvalue weighted by molar-refractivity contribution is 7.90. The molecule has 1 saturated heterocycles. The second-order valence-electron chi connectivity index (χ2n) is 8.21. The summed E-state index contributed by atoms with van der Waals surface area (Å²) in [4.78, 5) is 2.11. The molecule has 2 aromatic carbocycles. The lowest BCUT2D eigenvalue weighted by Gasteiger charge is -2.33. The summed E-state index contributed by atoms with van der Waals surface area (Å²) >= 11 is 0. The number of sulfonamides is 2. The molecule has 0 amide bonds. The summed E-state index contributed by atoms with van der Waals surface area (Å²) in [6.45, 7) is 9.86. The molecule has 0 radical (unpaired) electrons. The van der Waals surface area contributed by atoms with E-state index in [1.165, 1.54) is 16.4 Å². The minimum Gasteiger partial charge on any atom is -0.341 e. The molecular weight excluding hydrogens is 434 g/mol. The Bertz CT molecular complexity index is 1170. The van der Waals surface area contributed by atoms with Crippen LogP contribution in [0.4, 0.5) is 0 Å². The van der Waals surface area contributed by atoms with E-state index < -0.39 is 26.2 Å². The third-order valence-electron chi connectivity index (χ3n) is 5.39. The van der Waals surface area contributed by atoms with Crippen molar-refractivity contribution in [2.45, 2.75) is 50.6 Å². The highest BCUT2D eigenvalue weighted by Gasteiger charge is 2.42. The average molecular weight is 464 g/mol. The van der Waals surface area contributed by atoms with Gasteiger partial charge in [0.25, 0.3) is 10.0 Å². The number of aryl methyl sites for hydroxylation is 2. The molecule has 0 aliphatic carbocycles. The van der Waals surface area contributed by atoms with E-state index in [-0.39, 0.29) is 28.1 Å². The van der Waals surface area contributed by atoms with Gasteiger partial charge in [0.15, 0.2) is 0 Å². The number of amidine groups is 1. The van der Waals surface area contributed by atoms with Crippen molar-refractivity contribution >= 4 is 25.9 Å². The fourth-order valence-corrected chi connectivity index (χ4v) is 6.52. The van der Waals surface area contributed by atoms with Crippen LogP contribution >= 0.6 is 0 Å². The Morgan fingerprint density at radius 2 is 1.35 bits per heavy atom. The van der Waals surface area contributed by atoms with Crippen LogP contribution in [0, 0.1) is 19.8 Å². The molecule has 0 aromatic heterocycles. The van der Waals surface area contributed by atoms with Gasteiger partial charge in [-0.2, -0.15) is 12.7 Å². The van der Waals surface area contributed by atoms with E-state index in [4.69, 9.17) is 0 Å². The van der Waals surface area contributed by atoms with Crippen LogP contribution in [0.25, 0.3) is 0 Å². The normalized spacial score (nSPS) is 18.7. The topological polar surface area (TPSA) is 87.1 Å². The highest BCUT2D eigenvalue weighted by atomic mass is 32.2. The van der Waals surface area contributed by atoms with Gasteiger partial charge in [-0.05, 0) is 51.0 Å². The van der Waals surface area contributed by atoms with E-state index in [9.17, 15) is 16.8 Å². The lowest BCUT2D eigenvalue weighted by molar-refractivity contribution is 0.211. The zero-order valence-electron chi connectivity index (χ0n) is 18.5. The van der Waals surface area contributed by atoms with Crippen LogP contribution in [-0.2, 0) is 20.0 Å². The number of hydrogen-bond acceptors (Lipinski definition) is 4. The van der Waals surface area contributed by atoms with E-state index in [1.807, 2.05) is 27.7 Å². The van der Waals surface area contributed by atoms with Gasteiger partial charge in [-0.1, -0.05) is 49.2 Å². The van der Waals surface area contributed by atoms with Crippen molar-refractivity contribution in [2.24, 2.45) is 10.3 Å². The monoisotopic (exact) mass is 463 g/mol. The molecule has 1 atom stereocenters. The molecule has 0 spiro atoms. The summed E-state index contributed by atoms with van der Waals surface area (Å²) in [5, 5.41) is 0. The van der Waals surface area contributed by atoms with Gasteiger partial charge in [0.1, 0.15) is 5.84 Å². The Balaban J connectivity index is 1.94. The number of hydrogen-bond donors (Lipinski definition) is 0. The molecule has 1 aliphatic heterocycles. The standard InChI is InChI=1S/C22H29N3O4S2/c1-16(2)22-24(19(5)23-30(26,27)20-10-6-17(3)7-11-20)14-15-25(22)31(28,29)21-12-8-18(4)9-13-21/h6-13,16,22H,14-15H2,1-5H3/t22-/m1/s1. The second-order valence-corrected chi connectivity index (χ2v) is 11.7. The van der Waals surface area contributed by atoms with Crippen LogP contribution in [-0.4, -0.2) is 51.1 Å². The Kier molecular flexibility index (Phi) is 6.59. The van der Waals surface area contributed by atoms with Gasteiger partial charge in [-0.3, -0.25) is 0 Å². The fourth-order valence-electron chi connectivity index (χ4n) is 3.77. The van der Waals surface area contributed by atoms with Gasteiger partial charge in [-0.15, -0.1) is 4.40 Å². The molecule has 7 nitrogen and oxygen atoms in total. The molecular formula is C22H29N3O4S2. The van der Waals surface area contributed by atoms with Crippen LogP contribution < -0.4 is 0 Å². The largest absolute Gasteiger partial charge is 0.341 e. The Labute approximate surface area is 185 Å². The van der Waals surface area contributed by atoms with E-state index >= 15 is 0 Å². The van der Waals surface area contributed by atoms with Crippen molar-refractivity contribution in [3.05, 3.63) is 59.7 Å². The molecule has 0 saturated carbocycles. The summed E-state index contributed by atoms with van der Waals surface area (Å²) in [5.41, 5.74) is 1.93. The smallest absolute Gasteiger partial charge is 0.283 e. The van der Waals surface area contributed by atoms with E-state index in [1.54, 1.807) is 48.2 Å². The first-order chi connectivity index (χ1) is 14.4. The predicted octanol–water partition coefficient (Wildman–Crippen LogP) is 3.40. The second kappa shape index (κ2) is 8.72. The maximum absolute atomic E-state index is 13.3. The molecule has 0 bridgehead atoms. The molecule has 1 heterocycles. The van der Waals surface area contributed by atoms with Crippen molar-refractivity contribution in [3.8, 4) is 0 Å². The molecule has 31 heavy (non-hydrogen) atoms. The van der Waals surface area contributed by atoms with Gasteiger partial charge in [-0.25, -0.2) is 8.42 Å². The minimum absolute atomic E-state index is 0.0741. The number of nitrogens with zero attached hydrogens (tertiary/aromatic N) is 3. The zero-order valence-corrected chi connectivity index (χ0v) is 20.1. The molecule has 1 aliphatic rings. The number of benzene rings is 2. The third-order valence-corrected chi connectivity index (χ3v) is 8.64. The summed E-state index contributed by atoms with van der Waals surface area (Å²) < 4.78 is 57.6. The van der Waals surface area contributed by atoms with Crippen LogP contribution in [0.2, 0.25) is 0 Å². The fraction of sp³-hybridized carbons (Fsp3) is 0.409. The maximum Gasteiger partial charge on any atom is 0.283 e. The Morgan fingerprint density at radius 1 is 0.871 bits per heavy atom. The van der Waals surface area contributed by atoms with Gasteiger partial charge in [0, 0.05) is 13.1 Å². The van der Waals surface area contributed by atoms with Crippen molar-refractivity contribution in [1.82, 2.24) is 9.21 Å². The van der Waals surface area contributed by atoms with Gasteiger partial charge in [0.05, 0.1) is 16.0 Å². The number of rotatable bonds is 5. The SMILES string of the molecule is CC(=NS(=O)(=O)c1ccc(C)cc1)N1CCN(S(=O)(=O)c2ccc(C)cc2)[C@@H]1C(C)C. The van der Waals surface area contributed by atoms with Gasteiger partial charge >= 0.3 is 0 Å². The summed E-state index contributed by atoms with van der Waals surface area (Å²) in [6.07, 6.45) is -0.525. The Morgan fingerprint density at radius 3 is 1.84 bits per heavy atom. The van der Waals surface area contributed by atoms with Gasteiger partial charge in [0.2, 0.25) is 10.0 Å².